The summed E-state index contributed by atoms with van der Waals surface area (Å²) in [6.07, 6.45) is 0. The average Bonchev–Trinajstić information content (AvgIpc) is 2.87. The van der Waals surface area contributed by atoms with Crippen molar-refractivity contribution in [3.63, 3.8) is 0 Å². The van der Waals surface area contributed by atoms with Gasteiger partial charge in [-0.15, -0.1) is 0 Å². The molecule has 1 heterocycles. The van der Waals surface area contributed by atoms with Crippen molar-refractivity contribution in [2.45, 2.75) is 4.90 Å². The quantitative estimate of drug-likeness (QED) is 0.728. The van der Waals surface area contributed by atoms with Gasteiger partial charge >= 0.3 is 11.9 Å². The molecule has 0 unspecified atom stereocenters. The number of hydrogen-bond donors (Lipinski definition) is 0. The maximum atomic E-state index is 12.2. The first-order valence-corrected chi connectivity index (χ1v) is 7.40. The van der Waals surface area contributed by atoms with E-state index in [1.165, 1.54) is 17.8 Å². The van der Waals surface area contributed by atoms with Gasteiger partial charge in [0, 0.05) is 17.8 Å². The van der Waals surface area contributed by atoms with Gasteiger partial charge in [0.05, 0.1) is 19.8 Å². The number of nitrogens with zero attached hydrogens (tertiary/aromatic N) is 1. The largest absolute Gasteiger partial charge is 0.468 e. The van der Waals surface area contributed by atoms with Crippen molar-refractivity contribution in [1.29, 1.82) is 0 Å². The van der Waals surface area contributed by atoms with Crippen LogP contribution in [0.5, 0.6) is 0 Å². The Bertz CT molecular complexity index is 577. The van der Waals surface area contributed by atoms with E-state index >= 15 is 0 Å². The molecular weight excluding hydrogens is 294 g/mol. The van der Waals surface area contributed by atoms with Gasteiger partial charge < -0.3 is 9.47 Å². The van der Waals surface area contributed by atoms with E-state index in [0.29, 0.717) is 0 Å². The summed E-state index contributed by atoms with van der Waals surface area (Å²) >= 11 is 1.06. The first-order chi connectivity index (χ1) is 8.84. The highest BCUT2D eigenvalue weighted by molar-refractivity contribution is 7.89. The van der Waals surface area contributed by atoms with Crippen LogP contribution in [-0.4, -0.2) is 52.5 Å². The van der Waals surface area contributed by atoms with Crippen LogP contribution in [0.15, 0.2) is 15.7 Å². The van der Waals surface area contributed by atoms with Crippen molar-refractivity contribution in [1.82, 2.24) is 4.31 Å². The molecule has 0 atom stereocenters. The Balaban J connectivity index is 3.10. The molecule has 0 amide bonds. The second-order valence-electron chi connectivity index (χ2n) is 3.48. The molecule has 1 aromatic heterocycles. The molecular formula is C10H13NO6S2. The van der Waals surface area contributed by atoms with Gasteiger partial charge in [-0.05, 0) is 0 Å². The summed E-state index contributed by atoms with van der Waals surface area (Å²) in [6, 6.07) is 0. The Morgan fingerprint density at radius 3 is 2.42 bits per heavy atom. The van der Waals surface area contributed by atoms with Crippen LogP contribution in [0, 0.1) is 0 Å². The Morgan fingerprint density at radius 1 is 1.26 bits per heavy atom. The summed E-state index contributed by atoms with van der Waals surface area (Å²) in [5, 5.41) is 2.69. The predicted octanol–water partition coefficient (Wildman–Crippen LogP) is 0.328. The third-order valence-electron chi connectivity index (χ3n) is 2.30. The number of likely N-dealkylation sites (N-methyl/N-ethyl adjacent to an activating group) is 1. The summed E-state index contributed by atoms with van der Waals surface area (Å²) in [5.74, 6) is -1.44. The lowest BCUT2D eigenvalue weighted by Crippen LogP contribution is -2.33. The van der Waals surface area contributed by atoms with Gasteiger partial charge in [-0.2, -0.15) is 15.6 Å². The minimum atomic E-state index is -3.94. The van der Waals surface area contributed by atoms with Gasteiger partial charge in [0.15, 0.2) is 0 Å². The van der Waals surface area contributed by atoms with E-state index in [-0.39, 0.29) is 10.5 Å². The molecule has 19 heavy (non-hydrogen) atoms. The smallest absolute Gasteiger partial charge is 0.340 e. The SMILES string of the molecule is COC(=O)CN(C)S(=O)(=O)c1cscc1C(=O)OC. The second-order valence-corrected chi connectivity index (χ2v) is 6.24. The summed E-state index contributed by atoms with van der Waals surface area (Å²) in [4.78, 5) is 22.4. The lowest BCUT2D eigenvalue weighted by molar-refractivity contribution is -0.140. The van der Waals surface area contributed by atoms with Crippen LogP contribution in [0.4, 0.5) is 0 Å². The zero-order chi connectivity index (χ0) is 14.6. The average molecular weight is 307 g/mol. The molecule has 0 aliphatic heterocycles. The van der Waals surface area contributed by atoms with Gasteiger partial charge in [0.25, 0.3) is 0 Å². The van der Waals surface area contributed by atoms with Gasteiger partial charge in [-0.25, -0.2) is 13.2 Å². The van der Waals surface area contributed by atoms with Crippen LogP contribution in [0.25, 0.3) is 0 Å². The Morgan fingerprint density at radius 2 is 1.89 bits per heavy atom. The normalized spacial score (nSPS) is 11.4. The summed E-state index contributed by atoms with van der Waals surface area (Å²) in [6.45, 7) is -0.435. The molecule has 0 radical (unpaired) electrons. The number of esters is 2. The molecule has 0 aliphatic carbocycles. The number of methoxy groups -OCH3 is 2. The lowest BCUT2D eigenvalue weighted by atomic mass is 10.3. The Labute approximate surface area is 114 Å². The molecule has 0 spiro atoms. The van der Waals surface area contributed by atoms with Crippen molar-refractivity contribution < 1.29 is 27.5 Å². The van der Waals surface area contributed by atoms with Crippen molar-refractivity contribution >= 4 is 33.3 Å². The second kappa shape index (κ2) is 6.13. The van der Waals surface area contributed by atoms with Crippen molar-refractivity contribution in [2.24, 2.45) is 0 Å². The van der Waals surface area contributed by atoms with Gasteiger partial charge in [-0.1, -0.05) is 0 Å². The highest BCUT2D eigenvalue weighted by atomic mass is 32.2. The van der Waals surface area contributed by atoms with E-state index in [0.717, 1.165) is 29.9 Å². The van der Waals surface area contributed by atoms with Crippen molar-refractivity contribution in [3.8, 4) is 0 Å². The number of ether oxygens (including phenoxy) is 2. The van der Waals surface area contributed by atoms with E-state index in [4.69, 9.17) is 0 Å². The summed E-state index contributed by atoms with van der Waals surface area (Å²) in [5.41, 5.74) is -0.0517. The lowest BCUT2D eigenvalue weighted by Gasteiger charge is -2.15. The highest BCUT2D eigenvalue weighted by Crippen LogP contribution is 2.24. The Kier molecular flexibility index (Phi) is 5.04. The predicted molar refractivity (Wildman–Crippen MR) is 67.5 cm³/mol. The van der Waals surface area contributed by atoms with E-state index in [2.05, 4.69) is 9.47 Å². The summed E-state index contributed by atoms with van der Waals surface area (Å²) in [7, 11) is -0.396. The highest BCUT2D eigenvalue weighted by Gasteiger charge is 2.29. The van der Waals surface area contributed by atoms with Crippen LogP contribution in [0.1, 0.15) is 10.4 Å². The number of hydrogen-bond acceptors (Lipinski definition) is 7. The van der Waals surface area contributed by atoms with E-state index in [1.807, 2.05) is 0 Å². The first-order valence-electron chi connectivity index (χ1n) is 5.02. The fourth-order valence-corrected chi connectivity index (χ4v) is 3.68. The van der Waals surface area contributed by atoms with Crippen LogP contribution in [0.2, 0.25) is 0 Å². The molecule has 9 heteroatoms. The molecule has 0 bridgehead atoms. The maximum Gasteiger partial charge on any atom is 0.340 e. The number of thiophene rings is 1. The van der Waals surface area contributed by atoms with Crippen LogP contribution >= 0.6 is 11.3 Å². The molecule has 0 saturated heterocycles. The monoisotopic (exact) mass is 307 g/mol. The number of rotatable bonds is 5. The zero-order valence-corrected chi connectivity index (χ0v) is 12.2. The van der Waals surface area contributed by atoms with E-state index < -0.39 is 28.5 Å². The zero-order valence-electron chi connectivity index (χ0n) is 10.6. The molecule has 0 fully saturated rings. The standard InChI is InChI=1S/C10H13NO6S2/c1-11(4-9(12)16-2)19(14,15)8-6-18-5-7(8)10(13)17-3/h5-6H,4H2,1-3H3. The summed E-state index contributed by atoms with van der Waals surface area (Å²) < 4.78 is 34.1. The number of sulfonamides is 1. The number of carbonyl (C=O) groups is 2. The molecule has 0 aromatic carbocycles. The van der Waals surface area contributed by atoms with Gasteiger partial charge in [0.2, 0.25) is 10.0 Å². The third-order valence-corrected chi connectivity index (χ3v) is 5.04. The molecule has 0 aliphatic rings. The van der Waals surface area contributed by atoms with E-state index in [1.54, 1.807) is 0 Å². The van der Waals surface area contributed by atoms with Gasteiger partial charge in [0.1, 0.15) is 11.4 Å². The van der Waals surface area contributed by atoms with E-state index in [9.17, 15) is 18.0 Å². The first kappa shape index (κ1) is 15.6. The fraction of sp³-hybridized carbons (Fsp3) is 0.400. The Hall–Kier alpha value is -1.45. The van der Waals surface area contributed by atoms with Crippen LogP contribution in [-0.2, 0) is 24.3 Å². The molecule has 1 aromatic rings. The van der Waals surface area contributed by atoms with Crippen molar-refractivity contribution in [3.05, 3.63) is 16.3 Å². The maximum absolute atomic E-state index is 12.2. The molecule has 0 N–H and O–H groups in total. The molecule has 7 nitrogen and oxygen atoms in total. The van der Waals surface area contributed by atoms with Gasteiger partial charge in [-0.3, -0.25) is 4.79 Å². The van der Waals surface area contributed by atoms with Crippen LogP contribution < -0.4 is 0 Å². The fourth-order valence-electron chi connectivity index (χ4n) is 1.24. The molecule has 0 saturated carbocycles. The molecule has 106 valence electrons. The van der Waals surface area contributed by atoms with Crippen molar-refractivity contribution in [2.75, 3.05) is 27.8 Å². The number of carbonyl (C=O) groups excluding carboxylic acids is 2. The van der Waals surface area contributed by atoms with Crippen LogP contribution in [0.3, 0.4) is 0 Å². The minimum Gasteiger partial charge on any atom is -0.468 e. The topological polar surface area (TPSA) is 90.0 Å². The minimum absolute atomic E-state index is 0.0517. The molecule has 1 rings (SSSR count). The third kappa shape index (κ3) is 3.31.